The number of nitrogens with one attached hydrogen (secondary N) is 1. The first-order valence-corrected chi connectivity index (χ1v) is 14.0. The number of methoxy groups -OCH3 is 2. The summed E-state index contributed by atoms with van der Waals surface area (Å²) in [5.41, 5.74) is 0.806. The quantitative estimate of drug-likeness (QED) is 0.283. The molecule has 0 amide bonds. The van der Waals surface area contributed by atoms with Crippen molar-refractivity contribution in [3.8, 4) is 0 Å². The molecule has 4 aromatic rings. The SMILES string of the molecule is COC(=O)C(C(Nc1nc(C)cs1)C(=O)OC)=P(c1ccccc1)(c1ccccc1)c1ccccc1. The third kappa shape index (κ3) is 4.85. The van der Waals surface area contributed by atoms with Crippen LogP contribution in [0.25, 0.3) is 0 Å². The van der Waals surface area contributed by atoms with Crippen molar-refractivity contribution in [2.75, 3.05) is 19.5 Å². The number of anilines is 1. The van der Waals surface area contributed by atoms with E-state index < -0.39 is 24.9 Å². The highest BCUT2D eigenvalue weighted by Crippen LogP contribution is 2.47. The van der Waals surface area contributed by atoms with Crippen LogP contribution in [0.3, 0.4) is 0 Å². The van der Waals surface area contributed by atoms with E-state index in [0.717, 1.165) is 21.6 Å². The Bertz CT molecular complexity index is 1290. The molecule has 36 heavy (non-hydrogen) atoms. The first-order chi connectivity index (χ1) is 17.5. The zero-order valence-electron chi connectivity index (χ0n) is 20.3. The smallest absolute Gasteiger partial charge is 0.337 e. The molecule has 1 aromatic heterocycles. The molecular formula is C28H27N2O4PS. The second-order valence-corrected chi connectivity index (χ2v) is 12.2. The summed E-state index contributed by atoms with van der Waals surface area (Å²) >= 11 is 1.36. The standard InChI is InChI=1S/C28H27N2O4PS/c1-20-19-36-28(29-20)30-24(26(31)33-2)25(27(32)34-3)35(21-13-7-4-8-14-21,22-15-9-5-10-16-22)23-17-11-6-12-18-23/h4-19,24H,1-3H3,(H,29,30). The first-order valence-electron chi connectivity index (χ1n) is 11.3. The molecule has 0 fully saturated rings. The lowest BCUT2D eigenvalue weighted by molar-refractivity contribution is -0.141. The van der Waals surface area contributed by atoms with E-state index in [4.69, 9.17) is 9.47 Å². The molecule has 6 nitrogen and oxygen atoms in total. The number of benzene rings is 3. The van der Waals surface area contributed by atoms with E-state index in [0.29, 0.717) is 5.13 Å². The molecule has 1 heterocycles. The van der Waals surface area contributed by atoms with Gasteiger partial charge in [-0.25, -0.2) is 14.6 Å². The fraction of sp³-hybridized carbons (Fsp3) is 0.143. The third-order valence-electron chi connectivity index (χ3n) is 5.78. The van der Waals surface area contributed by atoms with Crippen LogP contribution < -0.4 is 21.2 Å². The Balaban J connectivity index is 2.23. The maximum atomic E-state index is 13.8. The molecule has 8 heteroatoms. The molecule has 0 radical (unpaired) electrons. The molecule has 3 aromatic carbocycles. The second kappa shape index (κ2) is 11.4. The average molecular weight is 519 g/mol. The normalized spacial score (nSPS) is 11.9. The Labute approximate surface area is 214 Å². The van der Waals surface area contributed by atoms with Crippen molar-refractivity contribution in [3.63, 3.8) is 0 Å². The summed E-state index contributed by atoms with van der Waals surface area (Å²) in [5, 5.41) is 8.61. The van der Waals surface area contributed by atoms with Gasteiger partial charge in [-0.2, -0.15) is 0 Å². The van der Waals surface area contributed by atoms with Gasteiger partial charge in [0.15, 0.2) is 11.2 Å². The number of nitrogens with zero attached hydrogens (tertiary/aromatic N) is 1. The highest BCUT2D eigenvalue weighted by atomic mass is 32.1. The van der Waals surface area contributed by atoms with Gasteiger partial charge in [-0.3, -0.25) is 0 Å². The van der Waals surface area contributed by atoms with Crippen LogP contribution in [0.15, 0.2) is 96.4 Å². The van der Waals surface area contributed by atoms with Crippen molar-refractivity contribution in [1.82, 2.24) is 4.98 Å². The van der Waals surface area contributed by atoms with Crippen LogP contribution in [0.1, 0.15) is 5.69 Å². The number of aryl methyl sites for hydroxylation is 1. The molecule has 0 saturated heterocycles. The zero-order valence-corrected chi connectivity index (χ0v) is 22.0. The molecule has 184 valence electrons. The maximum Gasteiger partial charge on any atom is 0.337 e. The molecule has 1 unspecified atom stereocenters. The van der Waals surface area contributed by atoms with Gasteiger partial charge in [0.2, 0.25) is 0 Å². The van der Waals surface area contributed by atoms with Gasteiger partial charge >= 0.3 is 11.9 Å². The Morgan fingerprint density at radius 2 is 1.28 bits per heavy atom. The van der Waals surface area contributed by atoms with Gasteiger partial charge in [-0.05, 0) is 29.7 Å². The van der Waals surface area contributed by atoms with Crippen LogP contribution in [0.2, 0.25) is 0 Å². The topological polar surface area (TPSA) is 77.5 Å². The number of thiazole rings is 1. The molecule has 0 spiro atoms. The Morgan fingerprint density at radius 1 is 0.806 bits per heavy atom. The van der Waals surface area contributed by atoms with E-state index in [2.05, 4.69) is 10.3 Å². The van der Waals surface area contributed by atoms with Gasteiger partial charge in [-0.15, -0.1) is 11.3 Å². The molecule has 0 aliphatic carbocycles. The van der Waals surface area contributed by atoms with Gasteiger partial charge < -0.3 is 14.8 Å². The number of carbonyl (C=O) groups is 2. The number of carbonyl (C=O) groups excluding carboxylic acids is 2. The fourth-order valence-corrected chi connectivity index (χ4v) is 9.50. The summed E-state index contributed by atoms with van der Waals surface area (Å²) in [6.07, 6.45) is 0. The number of ether oxygens (including phenoxy) is 2. The summed E-state index contributed by atoms with van der Waals surface area (Å²) in [7, 11) is 2.65. The van der Waals surface area contributed by atoms with Crippen molar-refractivity contribution in [2.45, 2.75) is 13.0 Å². The average Bonchev–Trinajstić information content (AvgIpc) is 3.35. The van der Waals surface area contributed by atoms with E-state index in [1.165, 1.54) is 25.6 Å². The van der Waals surface area contributed by atoms with Gasteiger partial charge in [0.05, 0.1) is 25.2 Å². The minimum absolute atomic E-state index is 0.285. The molecule has 4 rings (SSSR count). The zero-order chi connectivity index (χ0) is 25.5. The van der Waals surface area contributed by atoms with Gasteiger partial charge in [0.1, 0.15) is 0 Å². The molecule has 0 aliphatic heterocycles. The van der Waals surface area contributed by atoms with Crippen LogP contribution in [0.4, 0.5) is 5.13 Å². The van der Waals surface area contributed by atoms with Crippen LogP contribution in [0, 0.1) is 6.92 Å². The summed E-state index contributed by atoms with van der Waals surface area (Å²) in [4.78, 5) is 31.7. The highest BCUT2D eigenvalue weighted by Gasteiger charge is 2.41. The van der Waals surface area contributed by atoms with Crippen LogP contribution in [-0.4, -0.2) is 42.5 Å². The van der Waals surface area contributed by atoms with E-state index in [1.807, 2.05) is 103 Å². The van der Waals surface area contributed by atoms with Crippen molar-refractivity contribution in [1.29, 1.82) is 0 Å². The predicted molar refractivity (Wildman–Crippen MR) is 148 cm³/mol. The minimum atomic E-state index is -2.93. The van der Waals surface area contributed by atoms with Crippen molar-refractivity contribution in [2.24, 2.45) is 0 Å². The van der Waals surface area contributed by atoms with Crippen molar-refractivity contribution >= 4 is 56.5 Å². The van der Waals surface area contributed by atoms with E-state index in [1.54, 1.807) is 0 Å². The molecule has 0 bridgehead atoms. The molecule has 1 atom stereocenters. The number of hydrogen-bond donors (Lipinski definition) is 1. The van der Waals surface area contributed by atoms with Crippen molar-refractivity contribution < 1.29 is 19.1 Å². The first kappa shape index (κ1) is 25.4. The van der Waals surface area contributed by atoms with Gasteiger partial charge in [0.25, 0.3) is 0 Å². The lowest BCUT2D eigenvalue weighted by Crippen LogP contribution is -2.47. The van der Waals surface area contributed by atoms with Crippen LogP contribution in [-0.2, 0) is 19.1 Å². The molecule has 0 aliphatic rings. The number of rotatable bonds is 8. The van der Waals surface area contributed by atoms with Crippen LogP contribution in [0.5, 0.6) is 0 Å². The Kier molecular flexibility index (Phi) is 8.04. The molecular weight excluding hydrogens is 491 g/mol. The maximum absolute atomic E-state index is 13.8. The highest BCUT2D eigenvalue weighted by molar-refractivity contribution is 7.96. The van der Waals surface area contributed by atoms with E-state index in [9.17, 15) is 9.59 Å². The largest absolute Gasteiger partial charge is 0.467 e. The summed E-state index contributed by atoms with van der Waals surface area (Å²) in [6, 6.07) is 28.3. The lowest BCUT2D eigenvalue weighted by atomic mass is 10.2. The Morgan fingerprint density at radius 3 is 1.64 bits per heavy atom. The fourth-order valence-electron chi connectivity index (χ4n) is 4.27. The van der Waals surface area contributed by atoms with Gasteiger partial charge in [-0.1, -0.05) is 91.0 Å². The third-order valence-corrected chi connectivity index (χ3v) is 11.1. The summed E-state index contributed by atoms with van der Waals surface area (Å²) in [5.74, 6) is -1.19. The number of esters is 2. The molecule has 0 saturated carbocycles. The van der Waals surface area contributed by atoms with E-state index in [-0.39, 0.29) is 5.29 Å². The minimum Gasteiger partial charge on any atom is -0.467 e. The monoisotopic (exact) mass is 518 g/mol. The number of aromatic nitrogens is 1. The predicted octanol–water partition coefficient (Wildman–Crippen LogP) is 3.74. The number of hydrogen-bond acceptors (Lipinski definition) is 7. The summed E-state index contributed by atoms with van der Waals surface area (Å²) < 4.78 is 10.6. The van der Waals surface area contributed by atoms with Crippen molar-refractivity contribution in [3.05, 3.63) is 102 Å². The lowest BCUT2D eigenvalue weighted by Gasteiger charge is -2.34. The molecule has 1 N–H and O–H groups in total. The van der Waals surface area contributed by atoms with Crippen LogP contribution >= 0.6 is 18.2 Å². The summed E-state index contributed by atoms with van der Waals surface area (Å²) in [6.45, 7) is -1.06. The second-order valence-electron chi connectivity index (χ2n) is 7.95. The Hall–Kier alpha value is -3.67. The van der Waals surface area contributed by atoms with Gasteiger partial charge in [0, 0.05) is 5.38 Å². The van der Waals surface area contributed by atoms with E-state index >= 15 is 0 Å².